The van der Waals surface area contributed by atoms with E-state index in [4.69, 9.17) is 0 Å². The second-order valence-electron chi connectivity index (χ2n) is 6.44. The number of hydrogen-bond donors (Lipinski definition) is 2. The molecule has 3 aromatic heterocycles. The highest BCUT2D eigenvalue weighted by atomic mass is 32.1. The van der Waals surface area contributed by atoms with E-state index < -0.39 is 0 Å². The van der Waals surface area contributed by atoms with E-state index in [9.17, 15) is 9.59 Å². The van der Waals surface area contributed by atoms with E-state index in [0.717, 1.165) is 17.6 Å². The number of carbonyl (C=O) groups is 1. The highest BCUT2D eigenvalue weighted by Gasteiger charge is 2.24. The maximum Gasteiger partial charge on any atom is 0.268 e. The molecule has 1 saturated heterocycles. The van der Waals surface area contributed by atoms with E-state index in [2.05, 4.69) is 25.2 Å². The smallest absolute Gasteiger partial charge is 0.268 e. The van der Waals surface area contributed by atoms with Gasteiger partial charge in [-0.1, -0.05) is 6.07 Å². The van der Waals surface area contributed by atoms with E-state index in [1.165, 1.54) is 11.3 Å². The monoisotopic (exact) mass is 369 g/mol. The van der Waals surface area contributed by atoms with Crippen LogP contribution in [0.2, 0.25) is 0 Å². The van der Waals surface area contributed by atoms with Crippen molar-refractivity contribution in [1.29, 1.82) is 0 Å². The van der Waals surface area contributed by atoms with Gasteiger partial charge in [-0.25, -0.2) is 4.98 Å². The molecule has 0 aliphatic carbocycles. The Morgan fingerprint density at radius 2 is 2.15 bits per heavy atom. The third-order valence-electron chi connectivity index (χ3n) is 4.41. The van der Waals surface area contributed by atoms with Crippen molar-refractivity contribution < 1.29 is 4.79 Å². The van der Waals surface area contributed by atoms with E-state index in [1.54, 1.807) is 6.20 Å². The molecule has 0 aromatic carbocycles. The van der Waals surface area contributed by atoms with Crippen LogP contribution in [0.5, 0.6) is 0 Å². The van der Waals surface area contributed by atoms with Crippen LogP contribution >= 0.6 is 11.3 Å². The molecule has 1 aliphatic heterocycles. The summed E-state index contributed by atoms with van der Waals surface area (Å²) < 4.78 is 0.646. The van der Waals surface area contributed by atoms with Gasteiger partial charge in [-0.15, -0.1) is 11.3 Å². The molecule has 7 nitrogen and oxygen atoms in total. The van der Waals surface area contributed by atoms with Gasteiger partial charge in [-0.3, -0.25) is 19.5 Å². The van der Waals surface area contributed by atoms with Crippen molar-refractivity contribution in [2.24, 2.45) is 0 Å². The van der Waals surface area contributed by atoms with Crippen LogP contribution in [0.15, 0.2) is 40.6 Å². The number of thiophene rings is 1. The van der Waals surface area contributed by atoms with Crippen LogP contribution in [0, 0.1) is 0 Å². The summed E-state index contributed by atoms with van der Waals surface area (Å²) in [6, 6.07) is 7.78. The van der Waals surface area contributed by atoms with E-state index >= 15 is 0 Å². The first-order chi connectivity index (χ1) is 12.7. The average molecular weight is 369 g/mol. The van der Waals surface area contributed by atoms with Gasteiger partial charge < -0.3 is 10.3 Å². The van der Waals surface area contributed by atoms with Crippen molar-refractivity contribution in [3.05, 3.63) is 57.7 Å². The number of pyridine rings is 1. The van der Waals surface area contributed by atoms with Crippen molar-refractivity contribution in [2.45, 2.75) is 32.0 Å². The fourth-order valence-corrected chi connectivity index (χ4v) is 3.97. The Kier molecular flexibility index (Phi) is 4.77. The van der Waals surface area contributed by atoms with Crippen LogP contribution in [0.1, 0.15) is 24.4 Å². The highest BCUT2D eigenvalue weighted by molar-refractivity contribution is 7.17. The van der Waals surface area contributed by atoms with Crippen LogP contribution < -0.4 is 10.9 Å². The van der Waals surface area contributed by atoms with Crippen LogP contribution in [0.4, 0.5) is 0 Å². The van der Waals surface area contributed by atoms with Crippen molar-refractivity contribution in [3.8, 4) is 0 Å². The lowest BCUT2D eigenvalue weighted by Crippen LogP contribution is -2.38. The second-order valence-corrected chi connectivity index (χ2v) is 7.36. The molecule has 1 amide bonds. The molecule has 134 valence electrons. The van der Waals surface area contributed by atoms with E-state index in [-0.39, 0.29) is 17.5 Å². The van der Waals surface area contributed by atoms with Crippen molar-refractivity contribution in [2.75, 3.05) is 6.54 Å². The van der Waals surface area contributed by atoms with Crippen LogP contribution in [0.3, 0.4) is 0 Å². The largest absolute Gasteiger partial charge is 0.352 e. The van der Waals surface area contributed by atoms with Crippen molar-refractivity contribution >= 4 is 27.5 Å². The molecule has 8 heteroatoms. The molecule has 0 spiro atoms. The van der Waals surface area contributed by atoms with Crippen molar-refractivity contribution in [3.63, 3.8) is 0 Å². The number of amides is 1. The quantitative estimate of drug-likeness (QED) is 0.690. The second kappa shape index (κ2) is 7.35. The minimum atomic E-state index is -0.105. The number of nitrogens with one attached hydrogen (secondary N) is 2. The third-order valence-corrected chi connectivity index (χ3v) is 5.31. The summed E-state index contributed by atoms with van der Waals surface area (Å²) in [5.41, 5.74) is 1.56. The van der Waals surface area contributed by atoms with Gasteiger partial charge in [0.2, 0.25) is 5.91 Å². The van der Waals surface area contributed by atoms with Crippen molar-refractivity contribution in [1.82, 2.24) is 25.2 Å². The maximum atomic E-state index is 12.2. The van der Waals surface area contributed by atoms with Gasteiger partial charge in [0.1, 0.15) is 10.5 Å². The molecule has 1 atom stereocenters. The zero-order chi connectivity index (χ0) is 17.9. The van der Waals surface area contributed by atoms with Crippen LogP contribution in [0.25, 0.3) is 10.2 Å². The molecule has 1 aliphatic rings. The number of fused-ring (bicyclic) bond motifs is 1. The Balaban J connectivity index is 1.56. The third kappa shape index (κ3) is 3.81. The van der Waals surface area contributed by atoms with Crippen LogP contribution in [-0.4, -0.2) is 38.3 Å². The summed E-state index contributed by atoms with van der Waals surface area (Å²) in [5.74, 6) is 0.722. The predicted molar refractivity (Wildman–Crippen MR) is 99.8 cm³/mol. The summed E-state index contributed by atoms with van der Waals surface area (Å²) >= 11 is 1.39. The molecular formula is C18H19N5O2S. The van der Waals surface area contributed by atoms with Gasteiger partial charge in [0.05, 0.1) is 17.8 Å². The number of rotatable bonds is 6. The summed E-state index contributed by atoms with van der Waals surface area (Å²) in [5, 5.41) is 4.87. The lowest BCUT2D eigenvalue weighted by Gasteiger charge is -2.24. The molecule has 3 aromatic rings. The normalized spacial score (nSPS) is 17.1. The molecule has 0 radical (unpaired) electrons. The van der Waals surface area contributed by atoms with Gasteiger partial charge in [-0.05, 0) is 30.0 Å². The minimum Gasteiger partial charge on any atom is -0.352 e. The highest BCUT2D eigenvalue weighted by Crippen LogP contribution is 2.16. The number of hydrogen-bond acceptors (Lipinski definition) is 6. The Morgan fingerprint density at radius 1 is 1.23 bits per heavy atom. The van der Waals surface area contributed by atoms with E-state index in [0.29, 0.717) is 36.6 Å². The van der Waals surface area contributed by atoms with Gasteiger partial charge in [0.15, 0.2) is 0 Å². The van der Waals surface area contributed by atoms with Gasteiger partial charge in [0, 0.05) is 31.7 Å². The first-order valence-electron chi connectivity index (χ1n) is 8.55. The lowest BCUT2D eigenvalue weighted by molar-refractivity contribution is -0.119. The zero-order valence-electron chi connectivity index (χ0n) is 14.1. The van der Waals surface area contributed by atoms with Gasteiger partial charge in [0.25, 0.3) is 5.56 Å². The first-order valence-corrected chi connectivity index (χ1v) is 9.43. The number of H-pyrrole nitrogens is 1. The standard InChI is InChI=1S/C18H19N5O2S/c24-16-5-4-13(20-16)10-23(9-12-3-1-2-7-19-12)11-15-21-14-6-8-26-17(14)18(25)22-15/h1-3,6-8,13H,4-5,9-11H2,(H,20,24)(H,21,22,25). The zero-order valence-corrected chi connectivity index (χ0v) is 15.0. The number of carbonyl (C=O) groups excluding carboxylic acids is 1. The molecular weight excluding hydrogens is 350 g/mol. The average Bonchev–Trinajstić information content (AvgIpc) is 3.25. The summed E-state index contributed by atoms with van der Waals surface area (Å²) in [7, 11) is 0. The van der Waals surface area contributed by atoms with E-state index in [1.807, 2.05) is 29.6 Å². The molecule has 1 unspecified atom stereocenters. The fraction of sp³-hybridized carbons (Fsp3) is 0.333. The van der Waals surface area contributed by atoms with Gasteiger partial charge >= 0.3 is 0 Å². The Morgan fingerprint density at radius 3 is 2.92 bits per heavy atom. The first kappa shape index (κ1) is 16.9. The SMILES string of the molecule is O=C1CCC(CN(Cc2ccccn2)Cc2nc3ccsc3c(=O)[nH]2)N1. The Bertz CT molecular complexity index is 968. The minimum absolute atomic E-state index is 0.0963. The summed E-state index contributed by atoms with van der Waals surface area (Å²) in [6.07, 6.45) is 3.16. The van der Waals surface area contributed by atoms with Crippen LogP contribution in [-0.2, 0) is 17.9 Å². The summed E-state index contributed by atoms with van der Waals surface area (Å²) in [4.78, 5) is 37.7. The predicted octanol–water partition coefficient (Wildman–Crippen LogP) is 1.66. The number of nitrogens with zero attached hydrogens (tertiary/aromatic N) is 3. The molecule has 2 N–H and O–H groups in total. The Labute approximate surface area is 154 Å². The maximum absolute atomic E-state index is 12.2. The molecule has 0 bridgehead atoms. The molecule has 1 fully saturated rings. The lowest BCUT2D eigenvalue weighted by atomic mass is 10.2. The molecule has 4 heterocycles. The fourth-order valence-electron chi connectivity index (χ4n) is 3.24. The Hall–Kier alpha value is -2.58. The summed E-state index contributed by atoms with van der Waals surface area (Å²) in [6.45, 7) is 1.80. The topological polar surface area (TPSA) is 91.0 Å². The number of aromatic amines is 1. The number of aromatic nitrogens is 3. The van der Waals surface area contributed by atoms with Gasteiger partial charge in [-0.2, -0.15) is 0 Å². The molecule has 4 rings (SSSR count). The molecule has 0 saturated carbocycles. The molecule has 26 heavy (non-hydrogen) atoms.